The Morgan fingerprint density at radius 1 is 1.00 bits per heavy atom. The lowest BCUT2D eigenvalue weighted by molar-refractivity contribution is -0.123. The number of imide groups is 1. The molecule has 8 heteroatoms. The van der Waals surface area contributed by atoms with Crippen LogP contribution >= 0.6 is 31.9 Å². The number of carbonyl (C=O) groups excluding carboxylic acids is 4. The molecule has 1 heterocycles. The molecule has 0 unspecified atom stereocenters. The van der Waals surface area contributed by atoms with Crippen LogP contribution in [0, 0.1) is 17.8 Å². The first-order chi connectivity index (χ1) is 18.7. The van der Waals surface area contributed by atoms with Crippen molar-refractivity contribution < 1.29 is 24.3 Å². The van der Waals surface area contributed by atoms with E-state index in [-0.39, 0.29) is 40.0 Å². The SMILES string of the molecule is C=CCc1cccc([C@H]2C3=CC[C@@H]4C(=O)N(c5ccc(Br)cc5)C(=O)[C@@H]4[C@@H]3CC3=C2C(=O)C=C(Br)C3=O)c1O. The summed E-state index contributed by atoms with van der Waals surface area (Å²) in [6, 6.07) is 12.4. The summed E-state index contributed by atoms with van der Waals surface area (Å²) < 4.78 is 0.999. The van der Waals surface area contributed by atoms with Crippen LogP contribution in [0.5, 0.6) is 5.75 Å². The topological polar surface area (TPSA) is 91.8 Å². The van der Waals surface area contributed by atoms with Gasteiger partial charge in [-0.15, -0.1) is 6.58 Å². The van der Waals surface area contributed by atoms with Crippen LogP contribution in [0.4, 0.5) is 5.69 Å². The van der Waals surface area contributed by atoms with Gasteiger partial charge in [-0.1, -0.05) is 51.9 Å². The van der Waals surface area contributed by atoms with Gasteiger partial charge in [0.2, 0.25) is 11.8 Å². The zero-order chi connectivity index (χ0) is 27.6. The number of anilines is 1. The van der Waals surface area contributed by atoms with Gasteiger partial charge < -0.3 is 5.11 Å². The highest BCUT2D eigenvalue weighted by atomic mass is 79.9. The van der Waals surface area contributed by atoms with E-state index in [9.17, 15) is 24.3 Å². The van der Waals surface area contributed by atoms with Crippen LogP contribution in [-0.4, -0.2) is 28.5 Å². The van der Waals surface area contributed by atoms with E-state index in [4.69, 9.17) is 0 Å². The molecular weight excluding hydrogens is 626 g/mol. The Bertz CT molecular complexity index is 1580. The summed E-state index contributed by atoms with van der Waals surface area (Å²) in [6.07, 6.45) is 5.85. The summed E-state index contributed by atoms with van der Waals surface area (Å²) in [6.45, 7) is 3.77. The maximum absolute atomic E-state index is 13.9. The molecule has 6 nitrogen and oxygen atoms in total. The van der Waals surface area contributed by atoms with E-state index >= 15 is 0 Å². The number of phenols is 1. The molecular formula is C31H23Br2NO5. The Morgan fingerprint density at radius 3 is 2.46 bits per heavy atom. The number of fused-ring (bicyclic) bond motifs is 3. The first-order valence-electron chi connectivity index (χ1n) is 12.7. The zero-order valence-electron chi connectivity index (χ0n) is 20.7. The van der Waals surface area contributed by atoms with Crippen molar-refractivity contribution >= 4 is 60.9 Å². The van der Waals surface area contributed by atoms with Gasteiger partial charge in [-0.25, -0.2) is 0 Å². The molecule has 1 aliphatic heterocycles. The fourth-order valence-electron chi connectivity index (χ4n) is 6.57. The predicted octanol–water partition coefficient (Wildman–Crippen LogP) is 5.85. The van der Waals surface area contributed by atoms with Gasteiger partial charge in [0.05, 0.1) is 22.0 Å². The Labute approximate surface area is 242 Å². The number of aromatic hydroxyl groups is 1. The molecule has 1 N–H and O–H groups in total. The number of nitrogens with zero attached hydrogens (tertiary/aromatic N) is 1. The van der Waals surface area contributed by atoms with E-state index in [0.29, 0.717) is 40.8 Å². The molecule has 6 rings (SSSR count). The largest absolute Gasteiger partial charge is 0.507 e. The number of para-hydroxylation sites is 1. The molecule has 4 atom stereocenters. The molecule has 1 saturated heterocycles. The number of Topliss-reactive ketones (excluding diaryl/α,β-unsaturated/α-hetero) is 1. The third-order valence-electron chi connectivity index (χ3n) is 8.24. The van der Waals surface area contributed by atoms with Crippen LogP contribution in [0.2, 0.25) is 0 Å². The van der Waals surface area contributed by atoms with Gasteiger partial charge in [0.15, 0.2) is 11.6 Å². The van der Waals surface area contributed by atoms with Gasteiger partial charge >= 0.3 is 0 Å². The van der Waals surface area contributed by atoms with Gasteiger partial charge in [0, 0.05) is 33.2 Å². The minimum Gasteiger partial charge on any atom is -0.507 e. The molecule has 2 aromatic carbocycles. The fraction of sp³-hybridized carbons (Fsp3) is 0.226. The van der Waals surface area contributed by atoms with E-state index in [1.54, 1.807) is 42.5 Å². The van der Waals surface area contributed by atoms with Crippen LogP contribution in [0.25, 0.3) is 0 Å². The second-order valence-electron chi connectivity index (χ2n) is 10.2. The average molecular weight is 649 g/mol. The van der Waals surface area contributed by atoms with E-state index in [2.05, 4.69) is 38.4 Å². The maximum Gasteiger partial charge on any atom is 0.238 e. The zero-order valence-corrected chi connectivity index (χ0v) is 23.9. The standard InChI is InChI=1S/C31H23Br2NO5/c1-2-4-15-5-3-6-19(28(15)36)25-18-11-12-20-26(21(18)13-22-27(25)24(35)14-23(33)29(22)37)31(39)34(30(20)38)17-9-7-16(32)8-10-17/h2-3,5-11,14,20-21,25-26,36H,1,4,12-13H2/t20-,21+,25+,26-/m0/s1. The van der Waals surface area contributed by atoms with Crippen LogP contribution in [-0.2, 0) is 25.6 Å². The summed E-state index contributed by atoms with van der Waals surface area (Å²) in [5.74, 6) is -3.56. The highest BCUT2D eigenvalue weighted by Crippen LogP contribution is 2.56. The Hall–Kier alpha value is -3.36. The van der Waals surface area contributed by atoms with E-state index < -0.39 is 23.7 Å². The Balaban J connectivity index is 1.50. The summed E-state index contributed by atoms with van der Waals surface area (Å²) in [7, 11) is 0. The van der Waals surface area contributed by atoms with Crippen molar-refractivity contribution in [2.75, 3.05) is 4.90 Å². The van der Waals surface area contributed by atoms with Crippen LogP contribution in [0.3, 0.4) is 0 Å². The summed E-state index contributed by atoms with van der Waals surface area (Å²) in [5.41, 5.74) is 3.12. The minimum absolute atomic E-state index is 0.0390. The predicted molar refractivity (Wildman–Crippen MR) is 153 cm³/mol. The van der Waals surface area contributed by atoms with Crippen molar-refractivity contribution in [3.8, 4) is 5.75 Å². The number of halogens is 2. The second kappa shape index (κ2) is 9.68. The molecule has 0 saturated carbocycles. The van der Waals surface area contributed by atoms with Crippen LogP contribution < -0.4 is 4.90 Å². The number of hydrogen-bond acceptors (Lipinski definition) is 5. The smallest absolute Gasteiger partial charge is 0.238 e. The van der Waals surface area contributed by atoms with Crippen molar-refractivity contribution in [2.45, 2.75) is 25.2 Å². The highest BCUT2D eigenvalue weighted by molar-refractivity contribution is 9.12. The molecule has 0 radical (unpaired) electrons. The van der Waals surface area contributed by atoms with Gasteiger partial charge in [0.1, 0.15) is 5.75 Å². The van der Waals surface area contributed by atoms with Gasteiger partial charge in [-0.05, 0) is 70.9 Å². The number of allylic oxidation sites excluding steroid dienone is 7. The Morgan fingerprint density at radius 2 is 1.74 bits per heavy atom. The van der Waals surface area contributed by atoms with Crippen LogP contribution in [0.1, 0.15) is 29.9 Å². The maximum atomic E-state index is 13.9. The van der Waals surface area contributed by atoms with E-state index in [1.165, 1.54) is 11.0 Å². The molecule has 4 aliphatic rings. The highest BCUT2D eigenvalue weighted by Gasteiger charge is 2.56. The lowest BCUT2D eigenvalue weighted by atomic mass is 9.59. The number of amides is 2. The molecule has 0 spiro atoms. The molecule has 0 bridgehead atoms. The van der Waals surface area contributed by atoms with E-state index in [0.717, 1.165) is 10.0 Å². The number of rotatable bonds is 4. The number of carbonyl (C=O) groups is 4. The first kappa shape index (κ1) is 25.9. The lowest BCUT2D eigenvalue weighted by Crippen LogP contribution is -2.39. The monoisotopic (exact) mass is 647 g/mol. The number of phenolic OH excluding ortho intramolecular Hbond substituents is 1. The molecule has 2 aromatic rings. The Kier molecular flexibility index (Phi) is 6.43. The van der Waals surface area contributed by atoms with E-state index in [1.807, 2.05) is 12.1 Å². The normalized spacial score (nSPS) is 26.2. The third kappa shape index (κ3) is 3.95. The summed E-state index contributed by atoms with van der Waals surface area (Å²) in [5, 5.41) is 11.3. The minimum atomic E-state index is -0.706. The summed E-state index contributed by atoms with van der Waals surface area (Å²) >= 11 is 6.63. The quantitative estimate of drug-likeness (QED) is 0.255. The number of hydrogen-bond donors (Lipinski definition) is 1. The first-order valence-corrected chi connectivity index (χ1v) is 14.3. The molecule has 0 aromatic heterocycles. The van der Waals surface area contributed by atoms with Gasteiger partial charge in [-0.3, -0.25) is 24.1 Å². The van der Waals surface area contributed by atoms with Crippen molar-refractivity contribution in [3.05, 3.63) is 104 Å². The van der Waals surface area contributed by atoms with Gasteiger partial charge in [0.25, 0.3) is 0 Å². The van der Waals surface area contributed by atoms with Crippen molar-refractivity contribution in [3.63, 3.8) is 0 Å². The molecule has 196 valence electrons. The summed E-state index contributed by atoms with van der Waals surface area (Å²) in [4.78, 5) is 55.5. The van der Waals surface area contributed by atoms with Crippen molar-refractivity contribution in [1.29, 1.82) is 0 Å². The number of ketones is 2. The van der Waals surface area contributed by atoms with Crippen molar-refractivity contribution in [2.24, 2.45) is 17.8 Å². The molecule has 1 fully saturated rings. The average Bonchev–Trinajstić information content (AvgIpc) is 3.18. The second-order valence-corrected chi connectivity index (χ2v) is 12.0. The number of benzene rings is 2. The third-order valence-corrected chi connectivity index (χ3v) is 9.36. The fourth-order valence-corrected chi connectivity index (χ4v) is 7.28. The van der Waals surface area contributed by atoms with Crippen molar-refractivity contribution in [1.82, 2.24) is 0 Å². The molecule has 2 amide bonds. The molecule has 3 aliphatic carbocycles. The van der Waals surface area contributed by atoms with Crippen LogP contribution in [0.15, 0.2) is 92.9 Å². The van der Waals surface area contributed by atoms with Gasteiger partial charge in [-0.2, -0.15) is 0 Å². The lowest BCUT2D eigenvalue weighted by Gasteiger charge is -2.42. The molecule has 39 heavy (non-hydrogen) atoms.